The zero-order valence-corrected chi connectivity index (χ0v) is 15.4. The Bertz CT molecular complexity index is 882. The number of rotatable bonds is 6. The van der Waals surface area contributed by atoms with Crippen molar-refractivity contribution < 1.29 is 13.2 Å². The normalized spacial score (nSPS) is 12.5. The number of nitrogens with one attached hydrogen (secondary N) is 3. The number of aromatic nitrogens is 3. The summed E-state index contributed by atoms with van der Waals surface area (Å²) in [5.41, 5.74) is 1.09. The number of nitrogens with zero attached hydrogens (tertiary/aromatic N) is 3. The average molecular weight is 396 g/mol. The van der Waals surface area contributed by atoms with Gasteiger partial charge in [-0.25, -0.2) is 9.97 Å². The first kappa shape index (κ1) is 19.2. The lowest BCUT2D eigenvalue weighted by molar-refractivity contribution is -0.140. The van der Waals surface area contributed by atoms with Gasteiger partial charge >= 0.3 is 6.18 Å². The van der Waals surface area contributed by atoms with Crippen LogP contribution >= 0.6 is 11.3 Å². The number of aliphatic imine (C=N–C) groups is 1. The van der Waals surface area contributed by atoms with Crippen LogP contribution in [0.5, 0.6) is 0 Å². The largest absolute Gasteiger partial charge is 0.434 e. The summed E-state index contributed by atoms with van der Waals surface area (Å²) < 4.78 is 37.7. The maximum Gasteiger partial charge on any atom is 0.434 e. The highest BCUT2D eigenvalue weighted by Crippen LogP contribution is 2.29. The van der Waals surface area contributed by atoms with E-state index in [2.05, 4.69) is 30.6 Å². The Morgan fingerprint density at radius 3 is 2.74 bits per heavy atom. The van der Waals surface area contributed by atoms with Crippen LogP contribution in [0.1, 0.15) is 22.9 Å². The van der Waals surface area contributed by atoms with Crippen molar-refractivity contribution in [2.75, 3.05) is 13.6 Å². The fourth-order valence-electron chi connectivity index (χ4n) is 2.49. The quantitative estimate of drug-likeness (QED) is 0.339. The number of fused-ring (bicyclic) bond motifs is 1. The van der Waals surface area contributed by atoms with Gasteiger partial charge in [0.1, 0.15) is 10.8 Å². The second-order valence-electron chi connectivity index (χ2n) is 5.78. The lowest BCUT2D eigenvalue weighted by atomic mass is 10.3. The first-order valence-corrected chi connectivity index (χ1v) is 9.23. The van der Waals surface area contributed by atoms with Crippen LogP contribution in [0.15, 0.2) is 34.6 Å². The Kier molecular flexibility index (Phi) is 5.94. The molecule has 0 unspecified atom stereocenters. The molecular formula is C17H19F3N6S. The van der Waals surface area contributed by atoms with Gasteiger partial charge in [0, 0.05) is 25.4 Å². The third kappa shape index (κ3) is 5.19. The van der Waals surface area contributed by atoms with Crippen molar-refractivity contribution in [3.8, 4) is 0 Å². The molecule has 144 valence electrons. The molecule has 3 aromatic rings. The zero-order chi connectivity index (χ0) is 19.3. The van der Waals surface area contributed by atoms with Gasteiger partial charge in [0.25, 0.3) is 0 Å². The standard InChI is InChI=1S/C17H19F3N6S/c1-21-16(23-9-15-26-13(10-27-15)17(18,19)20)22-8-4-7-14-24-11-5-2-3-6-12(11)25-14/h2-3,5-6,10H,4,7-9H2,1H3,(H,24,25)(H2,21,22,23). The number of hydrogen-bond acceptors (Lipinski definition) is 4. The van der Waals surface area contributed by atoms with Crippen LogP contribution in [0.25, 0.3) is 11.0 Å². The summed E-state index contributed by atoms with van der Waals surface area (Å²) in [6.07, 6.45) is -2.80. The van der Waals surface area contributed by atoms with Gasteiger partial charge in [-0.3, -0.25) is 4.99 Å². The molecule has 1 aromatic carbocycles. The number of para-hydroxylation sites is 2. The summed E-state index contributed by atoms with van der Waals surface area (Å²) in [7, 11) is 1.61. The van der Waals surface area contributed by atoms with E-state index >= 15 is 0 Å². The third-order valence-corrected chi connectivity index (χ3v) is 4.64. The second kappa shape index (κ2) is 8.38. The second-order valence-corrected chi connectivity index (χ2v) is 6.72. The van der Waals surface area contributed by atoms with Crippen molar-refractivity contribution in [2.24, 2.45) is 4.99 Å². The molecule has 0 radical (unpaired) electrons. The van der Waals surface area contributed by atoms with Gasteiger partial charge in [-0.2, -0.15) is 13.2 Å². The Morgan fingerprint density at radius 2 is 2.04 bits per heavy atom. The molecule has 0 fully saturated rings. The summed E-state index contributed by atoms with van der Waals surface area (Å²) in [5, 5.41) is 7.47. The number of guanidine groups is 1. The van der Waals surface area contributed by atoms with Crippen LogP contribution in [0.3, 0.4) is 0 Å². The van der Waals surface area contributed by atoms with Crippen molar-refractivity contribution >= 4 is 28.3 Å². The minimum atomic E-state index is -4.41. The Morgan fingerprint density at radius 1 is 1.22 bits per heavy atom. The highest BCUT2D eigenvalue weighted by molar-refractivity contribution is 7.09. The van der Waals surface area contributed by atoms with Crippen LogP contribution in [0, 0.1) is 0 Å². The Labute approximate surface area is 158 Å². The van der Waals surface area contributed by atoms with E-state index in [1.165, 1.54) is 0 Å². The molecule has 0 aliphatic carbocycles. The molecule has 10 heteroatoms. The van der Waals surface area contributed by atoms with Crippen LogP contribution in [-0.2, 0) is 19.1 Å². The topological polar surface area (TPSA) is 78.0 Å². The molecule has 6 nitrogen and oxygen atoms in total. The lowest BCUT2D eigenvalue weighted by Crippen LogP contribution is -2.37. The average Bonchev–Trinajstić information content (AvgIpc) is 3.27. The fraction of sp³-hybridized carbons (Fsp3) is 0.353. The highest BCUT2D eigenvalue weighted by Gasteiger charge is 2.33. The number of thiazole rings is 1. The SMILES string of the molecule is CN=C(NCCCc1nc2ccccc2[nH]1)NCc1nc(C(F)(F)F)cs1. The van der Waals surface area contributed by atoms with Gasteiger partial charge in [-0.05, 0) is 18.6 Å². The van der Waals surface area contributed by atoms with Crippen molar-refractivity contribution in [3.05, 3.63) is 46.2 Å². The van der Waals surface area contributed by atoms with Crippen molar-refractivity contribution in [1.82, 2.24) is 25.6 Å². The summed E-state index contributed by atoms with van der Waals surface area (Å²) in [5.74, 6) is 1.44. The summed E-state index contributed by atoms with van der Waals surface area (Å²) in [4.78, 5) is 15.4. The molecule has 3 rings (SSSR count). The molecule has 0 bridgehead atoms. The molecular weight excluding hydrogens is 377 g/mol. The maximum atomic E-state index is 12.6. The predicted molar refractivity (Wildman–Crippen MR) is 99.7 cm³/mol. The van der Waals surface area contributed by atoms with E-state index in [9.17, 15) is 13.2 Å². The third-order valence-electron chi connectivity index (χ3n) is 3.79. The van der Waals surface area contributed by atoms with Gasteiger partial charge in [0.05, 0.1) is 17.6 Å². The molecule has 0 amide bonds. The molecule has 0 saturated heterocycles. The van der Waals surface area contributed by atoms with Crippen LogP contribution in [0.4, 0.5) is 13.2 Å². The summed E-state index contributed by atoms with van der Waals surface area (Å²) in [6.45, 7) is 0.840. The van der Waals surface area contributed by atoms with Gasteiger partial charge in [0.15, 0.2) is 11.7 Å². The minimum absolute atomic E-state index is 0.185. The Balaban J connectivity index is 1.42. The van der Waals surface area contributed by atoms with Crippen LogP contribution in [-0.4, -0.2) is 34.5 Å². The van der Waals surface area contributed by atoms with Crippen molar-refractivity contribution in [3.63, 3.8) is 0 Å². The number of hydrogen-bond donors (Lipinski definition) is 3. The van der Waals surface area contributed by atoms with E-state index in [0.29, 0.717) is 17.5 Å². The number of alkyl halides is 3. The molecule has 0 spiro atoms. The number of halogens is 3. The fourth-order valence-corrected chi connectivity index (χ4v) is 3.23. The number of aromatic amines is 1. The molecule has 0 saturated carbocycles. The lowest BCUT2D eigenvalue weighted by Gasteiger charge is -2.10. The molecule has 0 aliphatic rings. The zero-order valence-electron chi connectivity index (χ0n) is 14.6. The first-order valence-electron chi connectivity index (χ1n) is 8.35. The molecule has 2 heterocycles. The van der Waals surface area contributed by atoms with Crippen LogP contribution in [0.2, 0.25) is 0 Å². The number of aryl methyl sites for hydroxylation is 1. The molecule has 0 atom stereocenters. The minimum Gasteiger partial charge on any atom is -0.356 e. The van der Waals surface area contributed by atoms with Gasteiger partial charge in [-0.1, -0.05) is 12.1 Å². The predicted octanol–water partition coefficient (Wildman–Crippen LogP) is 3.34. The number of benzene rings is 1. The molecule has 27 heavy (non-hydrogen) atoms. The van der Waals surface area contributed by atoms with E-state index in [0.717, 1.165) is 46.4 Å². The number of imidazole rings is 1. The monoisotopic (exact) mass is 396 g/mol. The smallest absolute Gasteiger partial charge is 0.356 e. The Hall–Kier alpha value is -2.62. The summed E-state index contributed by atoms with van der Waals surface area (Å²) in [6, 6.07) is 7.85. The van der Waals surface area contributed by atoms with E-state index in [1.54, 1.807) is 7.05 Å². The maximum absolute atomic E-state index is 12.6. The van der Waals surface area contributed by atoms with Crippen molar-refractivity contribution in [1.29, 1.82) is 0 Å². The van der Waals surface area contributed by atoms with Gasteiger partial charge in [0.2, 0.25) is 0 Å². The van der Waals surface area contributed by atoms with E-state index in [-0.39, 0.29) is 6.54 Å². The van der Waals surface area contributed by atoms with E-state index in [4.69, 9.17) is 0 Å². The number of H-pyrrole nitrogens is 1. The summed E-state index contributed by atoms with van der Waals surface area (Å²) >= 11 is 0.968. The van der Waals surface area contributed by atoms with Crippen LogP contribution < -0.4 is 10.6 Å². The molecule has 0 aliphatic heterocycles. The highest BCUT2D eigenvalue weighted by atomic mass is 32.1. The van der Waals surface area contributed by atoms with E-state index < -0.39 is 11.9 Å². The van der Waals surface area contributed by atoms with Gasteiger partial charge < -0.3 is 15.6 Å². The molecule has 2 aromatic heterocycles. The van der Waals surface area contributed by atoms with Crippen molar-refractivity contribution in [2.45, 2.75) is 25.6 Å². The first-order chi connectivity index (χ1) is 13.0. The van der Waals surface area contributed by atoms with Gasteiger partial charge in [-0.15, -0.1) is 11.3 Å². The molecule has 3 N–H and O–H groups in total. The van der Waals surface area contributed by atoms with E-state index in [1.807, 2.05) is 24.3 Å².